The lowest BCUT2D eigenvalue weighted by atomic mass is 10.0. The highest BCUT2D eigenvalue weighted by atomic mass is 32.2. The molecular weight excluding hydrogens is 426 g/mol. The third-order valence-corrected chi connectivity index (χ3v) is 7.20. The van der Waals surface area contributed by atoms with Crippen molar-refractivity contribution in [3.8, 4) is 0 Å². The van der Waals surface area contributed by atoms with E-state index >= 15 is 0 Å². The molecule has 2 aromatic carbocycles. The first-order valence-corrected chi connectivity index (χ1v) is 12.3. The average molecular weight is 458 g/mol. The fourth-order valence-corrected chi connectivity index (χ4v) is 5.11. The molecule has 2 aromatic rings. The summed E-state index contributed by atoms with van der Waals surface area (Å²) in [5.74, 6) is -0.357. The highest BCUT2D eigenvalue weighted by Gasteiger charge is 2.29. The molecule has 0 fully saturated rings. The zero-order valence-electron chi connectivity index (χ0n) is 19.2. The number of carbonyl (C=O) groups is 2. The van der Waals surface area contributed by atoms with E-state index in [1.54, 1.807) is 17.0 Å². The molecule has 0 saturated heterocycles. The summed E-state index contributed by atoms with van der Waals surface area (Å²) < 4.78 is 28.8. The van der Waals surface area contributed by atoms with Gasteiger partial charge >= 0.3 is 0 Å². The number of carbonyl (C=O) groups excluding carboxylic acids is 2. The van der Waals surface area contributed by atoms with Crippen molar-refractivity contribution in [1.29, 1.82) is 0 Å². The van der Waals surface area contributed by atoms with Crippen molar-refractivity contribution in [2.75, 3.05) is 16.8 Å². The Balaban J connectivity index is 1.82. The molecule has 0 bridgehead atoms. The molecule has 1 aliphatic rings. The second-order valence-electron chi connectivity index (χ2n) is 8.80. The third-order valence-electron chi connectivity index (χ3n) is 5.73. The standard InChI is InChI=1S/C24H31N3O4S/c1-15(2)12-22(24(29)25-20-7-6-16(3)17(4)13-20)26-32(30,31)21-8-9-23-19(14-21)10-11-27(23)18(5)28/h6-9,13-15,22,26H,10-12H2,1-5H3,(H,25,29). The Morgan fingerprint density at radius 2 is 1.78 bits per heavy atom. The number of rotatable bonds is 7. The van der Waals surface area contributed by atoms with Crippen LogP contribution in [0.5, 0.6) is 0 Å². The largest absolute Gasteiger partial charge is 0.325 e. The molecule has 0 radical (unpaired) electrons. The Morgan fingerprint density at radius 1 is 1.06 bits per heavy atom. The Hall–Kier alpha value is -2.71. The number of fused-ring (bicyclic) bond motifs is 1. The highest BCUT2D eigenvalue weighted by molar-refractivity contribution is 7.89. The van der Waals surface area contributed by atoms with Gasteiger partial charge in [-0.1, -0.05) is 19.9 Å². The van der Waals surface area contributed by atoms with Crippen LogP contribution < -0.4 is 14.9 Å². The summed E-state index contributed by atoms with van der Waals surface area (Å²) in [4.78, 5) is 26.5. The number of hydrogen-bond donors (Lipinski definition) is 2. The molecule has 0 aliphatic carbocycles. The summed E-state index contributed by atoms with van der Waals surface area (Å²) >= 11 is 0. The predicted molar refractivity (Wildman–Crippen MR) is 126 cm³/mol. The van der Waals surface area contributed by atoms with E-state index in [4.69, 9.17) is 0 Å². The molecule has 0 spiro atoms. The second kappa shape index (κ2) is 9.42. The lowest BCUT2D eigenvalue weighted by Gasteiger charge is -2.21. The monoisotopic (exact) mass is 457 g/mol. The average Bonchev–Trinajstić information content (AvgIpc) is 3.13. The smallest absolute Gasteiger partial charge is 0.242 e. The third kappa shape index (κ3) is 5.37. The summed E-state index contributed by atoms with van der Waals surface area (Å²) in [6.45, 7) is 9.86. The number of hydrogen-bond acceptors (Lipinski definition) is 4. The molecule has 32 heavy (non-hydrogen) atoms. The first-order valence-electron chi connectivity index (χ1n) is 10.8. The SMILES string of the molecule is CC(=O)N1CCc2cc(S(=O)(=O)NC(CC(C)C)C(=O)Nc3ccc(C)c(C)c3)ccc21. The molecule has 1 heterocycles. The van der Waals surface area contributed by atoms with Crippen molar-refractivity contribution in [3.05, 3.63) is 53.1 Å². The fraction of sp³-hybridized carbons (Fsp3) is 0.417. The van der Waals surface area contributed by atoms with Crippen molar-refractivity contribution in [2.24, 2.45) is 5.92 Å². The summed E-state index contributed by atoms with van der Waals surface area (Å²) in [6, 6.07) is 9.41. The van der Waals surface area contributed by atoms with Gasteiger partial charge < -0.3 is 10.2 Å². The minimum absolute atomic E-state index is 0.0718. The van der Waals surface area contributed by atoms with E-state index in [0.29, 0.717) is 25.1 Å². The molecule has 2 amide bonds. The van der Waals surface area contributed by atoms with Crippen molar-refractivity contribution in [2.45, 2.75) is 58.4 Å². The number of benzene rings is 2. The van der Waals surface area contributed by atoms with Gasteiger partial charge in [0.1, 0.15) is 6.04 Å². The van der Waals surface area contributed by atoms with E-state index in [-0.39, 0.29) is 16.7 Å². The van der Waals surface area contributed by atoms with Crippen LogP contribution in [0.2, 0.25) is 0 Å². The lowest BCUT2D eigenvalue weighted by Crippen LogP contribution is -2.44. The minimum atomic E-state index is -3.93. The molecule has 8 heteroatoms. The van der Waals surface area contributed by atoms with Gasteiger partial charge in [0.25, 0.3) is 0 Å². The molecule has 0 saturated carbocycles. The van der Waals surface area contributed by atoms with Crippen LogP contribution in [0, 0.1) is 19.8 Å². The summed E-state index contributed by atoms with van der Waals surface area (Å²) in [7, 11) is -3.93. The van der Waals surface area contributed by atoms with Gasteiger partial charge in [-0.05, 0) is 79.6 Å². The van der Waals surface area contributed by atoms with Gasteiger partial charge in [-0.2, -0.15) is 4.72 Å². The molecule has 0 aromatic heterocycles. The van der Waals surface area contributed by atoms with E-state index in [1.165, 1.54) is 13.0 Å². The number of amides is 2. The first-order chi connectivity index (χ1) is 15.0. The van der Waals surface area contributed by atoms with E-state index in [1.807, 2.05) is 45.9 Å². The van der Waals surface area contributed by atoms with E-state index in [0.717, 1.165) is 22.4 Å². The molecule has 1 aliphatic heterocycles. The molecule has 1 unspecified atom stereocenters. The number of nitrogens with one attached hydrogen (secondary N) is 2. The van der Waals surface area contributed by atoms with Gasteiger partial charge in [0, 0.05) is 24.8 Å². The zero-order chi connectivity index (χ0) is 23.6. The maximum Gasteiger partial charge on any atom is 0.242 e. The van der Waals surface area contributed by atoms with Crippen LogP contribution in [-0.4, -0.2) is 32.8 Å². The molecule has 172 valence electrons. The van der Waals surface area contributed by atoms with Crippen LogP contribution in [0.1, 0.15) is 43.9 Å². The first kappa shape index (κ1) is 23.9. The normalized spacial score (nSPS) is 14.4. The summed E-state index contributed by atoms with van der Waals surface area (Å²) in [6.07, 6.45) is 0.958. The van der Waals surface area contributed by atoms with Gasteiger partial charge in [0.2, 0.25) is 21.8 Å². The maximum absolute atomic E-state index is 13.1. The molecule has 7 nitrogen and oxygen atoms in total. The number of sulfonamides is 1. The van der Waals surface area contributed by atoms with Crippen LogP contribution in [0.3, 0.4) is 0 Å². The Bertz CT molecular complexity index is 1140. The van der Waals surface area contributed by atoms with Gasteiger partial charge in [0.05, 0.1) is 4.90 Å². The van der Waals surface area contributed by atoms with Gasteiger partial charge in [-0.25, -0.2) is 8.42 Å². The van der Waals surface area contributed by atoms with Crippen LogP contribution in [-0.2, 0) is 26.0 Å². The van der Waals surface area contributed by atoms with E-state index in [2.05, 4.69) is 10.0 Å². The molecule has 1 atom stereocenters. The van der Waals surface area contributed by atoms with Gasteiger partial charge in [-0.3, -0.25) is 9.59 Å². The van der Waals surface area contributed by atoms with Crippen molar-refractivity contribution >= 4 is 33.2 Å². The lowest BCUT2D eigenvalue weighted by molar-refractivity contribution is -0.118. The Labute approximate surface area is 190 Å². The summed E-state index contributed by atoms with van der Waals surface area (Å²) in [5.41, 5.74) is 4.34. The zero-order valence-corrected chi connectivity index (χ0v) is 20.0. The summed E-state index contributed by atoms with van der Waals surface area (Å²) in [5, 5.41) is 2.84. The Morgan fingerprint density at radius 3 is 2.41 bits per heavy atom. The molecule has 3 rings (SSSR count). The van der Waals surface area contributed by atoms with E-state index < -0.39 is 22.0 Å². The minimum Gasteiger partial charge on any atom is -0.325 e. The fourth-order valence-electron chi connectivity index (χ4n) is 3.86. The van der Waals surface area contributed by atoms with Crippen molar-refractivity contribution in [1.82, 2.24) is 4.72 Å². The number of nitrogens with zero attached hydrogens (tertiary/aromatic N) is 1. The molecule has 2 N–H and O–H groups in total. The second-order valence-corrected chi connectivity index (χ2v) is 10.5. The van der Waals surface area contributed by atoms with E-state index in [9.17, 15) is 18.0 Å². The van der Waals surface area contributed by atoms with Crippen molar-refractivity contribution in [3.63, 3.8) is 0 Å². The van der Waals surface area contributed by atoms with Gasteiger partial charge in [-0.15, -0.1) is 0 Å². The van der Waals surface area contributed by atoms with Gasteiger partial charge in [0.15, 0.2) is 0 Å². The maximum atomic E-state index is 13.1. The quantitative estimate of drug-likeness (QED) is 0.665. The highest BCUT2D eigenvalue weighted by Crippen LogP contribution is 2.30. The Kier molecular flexibility index (Phi) is 7.05. The van der Waals surface area contributed by atoms with Crippen LogP contribution in [0.25, 0.3) is 0 Å². The number of anilines is 2. The number of aryl methyl sites for hydroxylation is 2. The van der Waals surface area contributed by atoms with Crippen molar-refractivity contribution < 1.29 is 18.0 Å². The molecular formula is C24H31N3O4S. The van der Waals surface area contributed by atoms with Crippen LogP contribution in [0.4, 0.5) is 11.4 Å². The topological polar surface area (TPSA) is 95.6 Å². The van der Waals surface area contributed by atoms with Crippen LogP contribution >= 0.6 is 0 Å². The van der Waals surface area contributed by atoms with Crippen LogP contribution in [0.15, 0.2) is 41.3 Å². The predicted octanol–water partition coefficient (Wildman–Crippen LogP) is 3.54.